The van der Waals surface area contributed by atoms with Crippen LogP contribution in [0.1, 0.15) is 40.4 Å². The second-order valence-electron chi connectivity index (χ2n) is 6.11. The number of carbonyl (C=O) groups is 1. The van der Waals surface area contributed by atoms with E-state index in [1.807, 2.05) is 6.20 Å². The average Bonchev–Trinajstić information content (AvgIpc) is 3.35. The number of aromatic carboxylic acids is 1. The number of benzene rings is 1. The Bertz CT molecular complexity index is 773. The smallest absolute Gasteiger partial charge is 0.338 e. The lowest BCUT2D eigenvalue weighted by Crippen LogP contribution is -2.09. The average molecular weight is 364 g/mol. The second kappa shape index (κ2) is 8.39. The zero-order chi connectivity index (χ0) is 18.5. The van der Waals surface area contributed by atoms with Crippen LogP contribution in [0.5, 0.6) is 0 Å². The fourth-order valence-corrected chi connectivity index (χ4v) is 2.59. The number of halogens is 1. The van der Waals surface area contributed by atoms with Gasteiger partial charge in [0.15, 0.2) is 0 Å². The van der Waals surface area contributed by atoms with Crippen molar-refractivity contribution >= 4 is 5.97 Å². The monoisotopic (exact) mass is 364 g/mol. The van der Waals surface area contributed by atoms with Crippen molar-refractivity contribution in [1.29, 1.82) is 0 Å². The zero-order valence-corrected chi connectivity index (χ0v) is 14.5. The van der Waals surface area contributed by atoms with E-state index in [4.69, 9.17) is 14.2 Å². The summed E-state index contributed by atoms with van der Waals surface area (Å²) in [5.41, 5.74) is 1.62. The third-order valence-electron chi connectivity index (χ3n) is 4.13. The van der Waals surface area contributed by atoms with Gasteiger partial charge < -0.3 is 23.9 Å². The van der Waals surface area contributed by atoms with E-state index in [0.717, 1.165) is 18.5 Å². The maximum absolute atomic E-state index is 14.1. The lowest BCUT2D eigenvalue weighted by atomic mass is 10.1. The first-order valence-corrected chi connectivity index (χ1v) is 8.34. The lowest BCUT2D eigenvalue weighted by molar-refractivity contribution is -0.0725. The quantitative estimate of drug-likeness (QED) is 0.516. The summed E-state index contributed by atoms with van der Waals surface area (Å²) in [5.74, 6) is -1.66. The number of ether oxygens (including phenoxy) is 3. The number of imidazole rings is 1. The fraction of sp³-hybridized carbons (Fsp3) is 0.444. The van der Waals surface area contributed by atoms with E-state index in [0.29, 0.717) is 30.4 Å². The van der Waals surface area contributed by atoms with Gasteiger partial charge in [0.2, 0.25) is 0 Å². The summed E-state index contributed by atoms with van der Waals surface area (Å²) in [6.45, 7) is 0.954. The normalized spacial score (nSPS) is 13.9. The first-order valence-electron chi connectivity index (χ1n) is 8.34. The van der Waals surface area contributed by atoms with Crippen molar-refractivity contribution in [3.63, 3.8) is 0 Å². The van der Waals surface area contributed by atoms with E-state index in [1.54, 1.807) is 18.0 Å². The van der Waals surface area contributed by atoms with Crippen LogP contribution in [-0.4, -0.2) is 47.7 Å². The van der Waals surface area contributed by atoms with Crippen molar-refractivity contribution in [2.45, 2.75) is 25.4 Å². The molecule has 8 heteroatoms. The first-order chi connectivity index (χ1) is 12.6. The molecule has 140 valence electrons. The van der Waals surface area contributed by atoms with Gasteiger partial charge in [0.1, 0.15) is 12.6 Å². The van der Waals surface area contributed by atoms with Gasteiger partial charge in [0.05, 0.1) is 43.1 Å². The van der Waals surface area contributed by atoms with Crippen LogP contribution in [0.3, 0.4) is 0 Å². The maximum atomic E-state index is 14.1. The molecule has 0 unspecified atom stereocenters. The summed E-state index contributed by atoms with van der Waals surface area (Å²) < 4.78 is 31.3. The molecule has 0 radical (unpaired) electrons. The minimum Gasteiger partial charge on any atom is -0.478 e. The molecule has 1 aliphatic carbocycles. The summed E-state index contributed by atoms with van der Waals surface area (Å²) >= 11 is 0. The molecular formula is C18H21FN2O5. The summed E-state index contributed by atoms with van der Waals surface area (Å²) in [5, 5.41) is 9.20. The van der Waals surface area contributed by atoms with Crippen molar-refractivity contribution in [2.24, 2.45) is 0 Å². The Kier molecular flexibility index (Phi) is 5.97. The molecule has 0 atom stereocenters. The Balaban J connectivity index is 1.79. The Hall–Kier alpha value is -2.29. The summed E-state index contributed by atoms with van der Waals surface area (Å²) in [4.78, 5) is 15.6. The molecule has 1 saturated carbocycles. The van der Waals surface area contributed by atoms with Crippen molar-refractivity contribution in [2.75, 3.05) is 27.1 Å². The predicted molar refractivity (Wildman–Crippen MR) is 89.9 cm³/mol. The summed E-state index contributed by atoms with van der Waals surface area (Å²) in [6.07, 6.45) is 5.69. The molecule has 1 N–H and O–H groups in total. The molecule has 0 bridgehead atoms. The Labute approximate surface area is 150 Å². The Morgan fingerprint density at radius 3 is 2.85 bits per heavy atom. The molecule has 1 fully saturated rings. The van der Waals surface area contributed by atoms with Crippen molar-refractivity contribution in [3.8, 4) is 5.69 Å². The summed E-state index contributed by atoms with van der Waals surface area (Å²) in [6, 6.07) is 2.49. The van der Waals surface area contributed by atoms with Gasteiger partial charge in [0, 0.05) is 24.8 Å². The van der Waals surface area contributed by atoms with Crippen LogP contribution in [-0.2, 0) is 20.8 Å². The van der Waals surface area contributed by atoms with Crippen LogP contribution in [0, 0.1) is 5.82 Å². The van der Waals surface area contributed by atoms with Crippen molar-refractivity contribution < 1.29 is 28.5 Å². The van der Waals surface area contributed by atoms with Gasteiger partial charge in [-0.1, -0.05) is 0 Å². The molecule has 1 aromatic carbocycles. The molecule has 1 heterocycles. The number of hydrogen-bond acceptors (Lipinski definition) is 5. The Morgan fingerprint density at radius 1 is 1.35 bits per heavy atom. The minimum absolute atomic E-state index is 0.0301. The van der Waals surface area contributed by atoms with Crippen LogP contribution < -0.4 is 0 Å². The van der Waals surface area contributed by atoms with Gasteiger partial charge in [-0.05, 0) is 25.0 Å². The SMILES string of the molecule is COCCOCOCc1cc(F)c(C(=O)O)cc1-n1cnc(C2CC2)c1. The largest absolute Gasteiger partial charge is 0.478 e. The van der Waals surface area contributed by atoms with E-state index < -0.39 is 11.8 Å². The highest BCUT2D eigenvalue weighted by Crippen LogP contribution is 2.39. The van der Waals surface area contributed by atoms with Gasteiger partial charge >= 0.3 is 5.97 Å². The van der Waals surface area contributed by atoms with Gasteiger partial charge in [-0.3, -0.25) is 0 Å². The van der Waals surface area contributed by atoms with E-state index in [-0.39, 0.29) is 19.0 Å². The Morgan fingerprint density at radius 2 is 2.15 bits per heavy atom. The highest BCUT2D eigenvalue weighted by Gasteiger charge is 2.26. The summed E-state index contributed by atoms with van der Waals surface area (Å²) in [7, 11) is 1.57. The first kappa shape index (κ1) is 18.5. The van der Waals surface area contributed by atoms with E-state index in [9.17, 15) is 14.3 Å². The lowest BCUT2D eigenvalue weighted by Gasteiger charge is -2.13. The molecular weight excluding hydrogens is 343 g/mol. The molecule has 0 spiro atoms. The van der Waals surface area contributed by atoms with Gasteiger partial charge in [-0.25, -0.2) is 14.2 Å². The van der Waals surface area contributed by atoms with Gasteiger partial charge in [0.25, 0.3) is 0 Å². The standard InChI is InChI=1S/C18H21FN2O5/c1-24-4-5-25-11-26-9-13-6-15(19)14(18(22)23)7-17(13)21-8-16(20-10-21)12-2-3-12/h6-8,10,12H,2-5,9,11H2,1H3,(H,22,23). The third-order valence-corrected chi connectivity index (χ3v) is 4.13. The number of rotatable bonds is 10. The van der Waals surface area contributed by atoms with Crippen LogP contribution in [0.4, 0.5) is 4.39 Å². The number of carboxylic acid groups (broad SMARTS) is 1. The van der Waals surface area contributed by atoms with E-state index in [1.165, 1.54) is 12.1 Å². The van der Waals surface area contributed by atoms with E-state index >= 15 is 0 Å². The number of aromatic nitrogens is 2. The van der Waals surface area contributed by atoms with Crippen molar-refractivity contribution in [1.82, 2.24) is 9.55 Å². The molecule has 26 heavy (non-hydrogen) atoms. The van der Waals surface area contributed by atoms with E-state index in [2.05, 4.69) is 4.98 Å². The zero-order valence-electron chi connectivity index (χ0n) is 14.5. The van der Waals surface area contributed by atoms with Gasteiger partial charge in [-0.15, -0.1) is 0 Å². The number of nitrogens with zero attached hydrogens (tertiary/aromatic N) is 2. The molecule has 7 nitrogen and oxygen atoms in total. The number of methoxy groups -OCH3 is 1. The van der Waals surface area contributed by atoms with Crippen LogP contribution in [0.2, 0.25) is 0 Å². The highest BCUT2D eigenvalue weighted by molar-refractivity contribution is 5.88. The molecule has 1 aromatic heterocycles. The van der Waals surface area contributed by atoms with Crippen LogP contribution >= 0.6 is 0 Å². The minimum atomic E-state index is -1.32. The second-order valence-corrected chi connectivity index (χ2v) is 6.11. The molecule has 0 saturated heterocycles. The topological polar surface area (TPSA) is 82.8 Å². The third kappa shape index (κ3) is 4.46. The van der Waals surface area contributed by atoms with Crippen LogP contribution in [0.15, 0.2) is 24.7 Å². The molecule has 2 aromatic rings. The molecule has 0 aliphatic heterocycles. The number of hydrogen-bond donors (Lipinski definition) is 1. The maximum Gasteiger partial charge on any atom is 0.338 e. The predicted octanol–water partition coefficient (Wildman–Crippen LogP) is 2.72. The highest BCUT2D eigenvalue weighted by atomic mass is 19.1. The number of carboxylic acids is 1. The fourth-order valence-electron chi connectivity index (χ4n) is 2.59. The van der Waals surface area contributed by atoms with Crippen molar-refractivity contribution in [3.05, 3.63) is 47.3 Å². The molecule has 3 rings (SSSR count). The molecule has 1 aliphatic rings. The van der Waals surface area contributed by atoms with Gasteiger partial charge in [-0.2, -0.15) is 0 Å². The van der Waals surface area contributed by atoms with Crippen LogP contribution in [0.25, 0.3) is 5.69 Å². The molecule has 0 amide bonds.